The molecule has 0 saturated carbocycles. The van der Waals surface area contributed by atoms with E-state index < -0.39 is 0 Å². The minimum atomic E-state index is -0.307. The number of aromatic amines is 1. The molecular weight excluding hydrogens is 192 g/mol. The molecule has 0 aliphatic heterocycles. The second-order valence-electron chi connectivity index (χ2n) is 2.43. The quantitative estimate of drug-likeness (QED) is 0.500. The molecule has 13 heavy (non-hydrogen) atoms. The fourth-order valence-corrected chi connectivity index (χ4v) is 1.01. The van der Waals surface area contributed by atoms with Crippen LogP contribution in [0.5, 0.6) is 0 Å². The highest BCUT2D eigenvalue weighted by molar-refractivity contribution is 6.30. The zero-order valence-corrected chi connectivity index (χ0v) is 7.77. The van der Waals surface area contributed by atoms with E-state index >= 15 is 0 Å². The summed E-state index contributed by atoms with van der Waals surface area (Å²) in [4.78, 5) is 13.6. The maximum Gasteiger partial charge on any atom is 0.327 e. The first-order valence-electron chi connectivity index (χ1n) is 3.47. The molecule has 0 radical (unpaired) electrons. The van der Waals surface area contributed by atoms with Crippen LogP contribution in [0.15, 0.2) is 16.5 Å². The fourth-order valence-electron chi connectivity index (χ4n) is 0.925. The van der Waals surface area contributed by atoms with Crippen LogP contribution < -0.4 is 11.0 Å². The molecule has 1 heterocycles. The van der Waals surface area contributed by atoms with Crippen LogP contribution in [0.3, 0.4) is 0 Å². The molecule has 0 saturated heterocycles. The van der Waals surface area contributed by atoms with Crippen molar-refractivity contribution in [3.05, 3.63) is 27.9 Å². The first-order valence-corrected chi connectivity index (χ1v) is 3.85. The summed E-state index contributed by atoms with van der Waals surface area (Å²) >= 11 is 5.51. The van der Waals surface area contributed by atoms with E-state index in [-0.39, 0.29) is 10.8 Å². The molecule has 0 bridgehead atoms. The van der Waals surface area contributed by atoms with Crippen molar-refractivity contribution in [2.75, 3.05) is 5.32 Å². The van der Waals surface area contributed by atoms with Gasteiger partial charge in [-0.25, -0.2) is 4.79 Å². The molecule has 1 rings (SSSR count). The van der Waals surface area contributed by atoms with Gasteiger partial charge < -0.3 is 15.7 Å². The topological polar surface area (TPSA) is 73.7 Å². The molecule has 0 aromatic carbocycles. The predicted octanol–water partition coefficient (Wildman–Crippen LogP) is 0.833. The normalized spacial score (nSPS) is 9.69. The average molecular weight is 201 g/mol. The Kier molecular flexibility index (Phi) is 2.57. The second kappa shape index (κ2) is 3.49. The predicted molar refractivity (Wildman–Crippen MR) is 52.5 cm³/mol. The Morgan fingerprint density at radius 1 is 1.85 bits per heavy atom. The molecule has 1 aromatic heterocycles. The average Bonchev–Trinajstić information content (AvgIpc) is 2.31. The summed E-state index contributed by atoms with van der Waals surface area (Å²) in [5.41, 5.74) is 0.0632. The number of hydrogen-bond donors (Lipinski definition) is 3. The van der Waals surface area contributed by atoms with E-state index in [9.17, 15) is 4.79 Å². The van der Waals surface area contributed by atoms with Gasteiger partial charge in [0.15, 0.2) is 0 Å². The number of imidazole rings is 1. The Morgan fingerprint density at radius 3 is 2.92 bits per heavy atom. The number of H-pyrrole nitrogens is 1. The van der Waals surface area contributed by atoms with Crippen LogP contribution in [0, 0.1) is 5.41 Å². The van der Waals surface area contributed by atoms with Gasteiger partial charge in [0, 0.05) is 13.3 Å². The van der Waals surface area contributed by atoms with Gasteiger partial charge in [-0.2, -0.15) is 0 Å². The van der Waals surface area contributed by atoms with E-state index in [0.29, 0.717) is 11.5 Å². The van der Waals surface area contributed by atoms with Crippen LogP contribution in [0.4, 0.5) is 5.82 Å². The summed E-state index contributed by atoms with van der Waals surface area (Å²) in [6.45, 7) is 3.43. The van der Waals surface area contributed by atoms with Gasteiger partial charge in [0.05, 0.1) is 0 Å². The summed E-state index contributed by atoms with van der Waals surface area (Å²) in [6, 6.07) is 0. The zero-order valence-electron chi connectivity index (χ0n) is 7.02. The van der Waals surface area contributed by atoms with Crippen molar-refractivity contribution in [3.63, 3.8) is 0 Å². The molecule has 0 aliphatic rings. The SMILES string of the molecule is C=C(Cl)Nc1c(C=N)[nH]c(=O)n1C. The van der Waals surface area contributed by atoms with E-state index in [1.54, 1.807) is 7.05 Å². The number of hydrogen-bond acceptors (Lipinski definition) is 3. The third kappa shape index (κ3) is 1.81. The monoisotopic (exact) mass is 200 g/mol. The lowest BCUT2D eigenvalue weighted by Crippen LogP contribution is -2.14. The van der Waals surface area contributed by atoms with Crippen LogP contribution in [0.1, 0.15) is 5.69 Å². The van der Waals surface area contributed by atoms with Crippen molar-refractivity contribution in [2.24, 2.45) is 7.05 Å². The molecule has 3 N–H and O–H groups in total. The van der Waals surface area contributed by atoms with Crippen molar-refractivity contribution in [2.45, 2.75) is 0 Å². The summed E-state index contributed by atoms with van der Waals surface area (Å²) in [5.74, 6) is 0.431. The highest BCUT2D eigenvalue weighted by Crippen LogP contribution is 2.11. The molecular formula is C7H9ClN4O. The smallest absolute Gasteiger partial charge is 0.327 e. The molecule has 0 unspecified atom stereocenters. The maximum atomic E-state index is 11.1. The lowest BCUT2D eigenvalue weighted by atomic mass is 10.4. The first kappa shape index (κ1) is 9.60. The number of halogens is 1. The molecule has 0 fully saturated rings. The van der Waals surface area contributed by atoms with E-state index in [2.05, 4.69) is 16.9 Å². The second-order valence-corrected chi connectivity index (χ2v) is 2.88. The summed E-state index contributed by atoms with van der Waals surface area (Å²) in [6.07, 6.45) is 1.03. The summed E-state index contributed by atoms with van der Waals surface area (Å²) in [7, 11) is 1.56. The molecule has 0 spiro atoms. The van der Waals surface area contributed by atoms with Crippen LogP contribution >= 0.6 is 11.6 Å². The van der Waals surface area contributed by atoms with E-state index in [4.69, 9.17) is 17.0 Å². The molecule has 0 amide bonds. The molecule has 70 valence electrons. The fraction of sp³-hybridized carbons (Fsp3) is 0.143. The number of anilines is 1. The number of nitrogens with one attached hydrogen (secondary N) is 3. The van der Waals surface area contributed by atoms with Gasteiger partial charge in [0.2, 0.25) is 0 Å². The van der Waals surface area contributed by atoms with Gasteiger partial charge in [-0.15, -0.1) is 0 Å². The molecule has 0 atom stereocenters. The zero-order chi connectivity index (χ0) is 10.0. The third-order valence-corrected chi connectivity index (χ3v) is 1.63. The first-order chi connectivity index (χ1) is 6.06. The number of rotatable bonds is 3. The van der Waals surface area contributed by atoms with E-state index in [1.807, 2.05) is 0 Å². The maximum absolute atomic E-state index is 11.1. The van der Waals surface area contributed by atoms with Crippen molar-refractivity contribution < 1.29 is 0 Å². The molecule has 1 aromatic rings. The van der Waals surface area contributed by atoms with Gasteiger partial charge in [-0.1, -0.05) is 18.2 Å². The minimum Gasteiger partial charge on any atom is -0.331 e. The van der Waals surface area contributed by atoms with Gasteiger partial charge in [0.25, 0.3) is 0 Å². The summed E-state index contributed by atoms with van der Waals surface area (Å²) < 4.78 is 1.31. The summed E-state index contributed by atoms with van der Waals surface area (Å²) in [5, 5.41) is 9.87. The Labute approximate surface area is 79.5 Å². The highest BCUT2D eigenvalue weighted by atomic mass is 35.5. The van der Waals surface area contributed by atoms with Crippen LogP contribution in [0.2, 0.25) is 0 Å². The lowest BCUT2D eigenvalue weighted by molar-refractivity contribution is 0.869. The van der Waals surface area contributed by atoms with Gasteiger partial charge >= 0.3 is 5.69 Å². The molecule has 5 nitrogen and oxygen atoms in total. The largest absolute Gasteiger partial charge is 0.331 e. The van der Waals surface area contributed by atoms with Crippen molar-refractivity contribution >= 4 is 23.6 Å². The Hall–Kier alpha value is -1.49. The van der Waals surface area contributed by atoms with Gasteiger partial charge in [0.1, 0.15) is 16.7 Å². The van der Waals surface area contributed by atoms with Crippen molar-refractivity contribution in [3.8, 4) is 0 Å². The highest BCUT2D eigenvalue weighted by Gasteiger charge is 2.08. The van der Waals surface area contributed by atoms with Crippen molar-refractivity contribution in [1.82, 2.24) is 9.55 Å². The van der Waals surface area contributed by atoms with Crippen molar-refractivity contribution in [1.29, 1.82) is 5.41 Å². The minimum absolute atomic E-state index is 0.192. The van der Waals surface area contributed by atoms with Crippen LogP contribution in [0.25, 0.3) is 0 Å². The third-order valence-electron chi connectivity index (χ3n) is 1.54. The van der Waals surface area contributed by atoms with Gasteiger partial charge in [-0.05, 0) is 0 Å². The van der Waals surface area contributed by atoms with E-state index in [0.717, 1.165) is 6.21 Å². The van der Waals surface area contributed by atoms with Gasteiger partial charge in [-0.3, -0.25) is 4.57 Å². The number of aromatic nitrogens is 2. The molecule has 6 heteroatoms. The lowest BCUT2D eigenvalue weighted by Gasteiger charge is -2.03. The van der Waals surface area contributed by atoms with Crippen LogP contribution in [-0.4, -0.2) is 15.8 Å². The standard InChI is InChI=1S/C7H9ClN4O/c1-4(8)10-6-5(3-9)11-7(13)12(6)2/h3,9-10H,1H2,2H3,(H,11,13). The Morgan fingerprint density at radius 2 is 2.46 bits per heavy atom. The Bertz CT molecular complexity index is 403. The van der Waals surface area contributed by atoms with Crippen LogP contribution in [-0.2, 0) is 7.05 Å². The molecule has 0 aliphatic carbocycles. The Balaban J connectivity index is 3.23. The number of nitrogens with zero attached hydrogens (tertiary/aromatic N) is 1. The van der Waals surface area contributed by atoms with E-state index in [1.165, 1.54) is 4.57 Å².